The molecular weight excluding hydrogens is 390 g/mol. The number of carbonyl (C=O) groups excluding carboxylic acids is 3. The van der Waals surface area contributed by atoms with E-state index in [-0.39, 0.29) is 17.9 Å². The number of ether oxygens (including phenoxy) is 2. The molecule has 1 saturated heterocycles. The quantitative estimate of drug-likeness (QED) is 0.522. The standard InChI is InChI=1S/C21H39N3O6/c1-14(2)16(24-20(28)30-13-21(3,4)5)18(26)23-15-9-6-7-11-29-12-8-10-22-19(27)17(15)25/h14-17,25H,6-13H2,1-5H3,(H,22,27)(H,23,26)(H,24,28). The molecule has 1 fully saturated rings. The number of hydrogen-bond donors (Lipinski definition) is 4. The molecule has 0 aliphatic carbocycles. The van der Waals surface area contributed by atoms with Gasteiger partial charge in [0, 0.05) is 19.8 Å². The van der Waals surface area contributed by atoms with E-state index in [1.165, 1.54) is 0 Å². The zero-order valence-corrected chi connectivity index (χ0v) is 19.0. The average molecular weight is 430 g/mol. The van der Waals surface area contributed by atoms with Crippen LogP contribution in [0.1, 0.15) is 60.3 Å². The largest absolute Gasteiger partial charge is 0.449 e. The molecule has 0 radical (unpaired) electrons. The first-order chi connectivity index (χ1) is 14.0. The van der Waals surface area contributed by atoms with Gasteiger partial charge in [-0.3, -0.25) is 9.59 Å². The first kappa shape index (κ1) is 26.2. The lowest BCUT2D eigenvalue weighted by atomic mass is 9.99. The average Bonchev–Trinajstić information content (AvgIpc) is 2.65. The van der Waals surface area contributed by atoms with E-state index in [1.807, 2.05) is 20.8 Å². The molecule has 30 heavy (non-hydrogen) atoms. The van der Waals surface area contributed by atoms with Crippen molar-refractivity contribution in [1.29, 1.82) is 0 Å². The SMILES string of the molecule is CC(C)C(NC(=O)OCC(C)(C)C)C(=O)NC1CCCCOCCCNC(=O)C1O. The summed E-state index contributed by atoms with van der Waals surface area (Å²) in [4.78, 5) is 37.2. The van der Waals surface area contributed by atoms with Crippen LogP contribution in [0.3, 0.4) is 0 Å². The Morgan fingerprint density at radius 3 is 2.53 bits per heavy atom. The van der Waals surface area contributed by atoms with E-state index in [0.717, 1.165) is 6.42 Å². The van der Waals surface area contributed by atoms with E-state index >= 15 is 0 Å². The number of amides is 3. The Kier molecular flexibility index (Phi) is 11.1. The third-order valence-corrected chi connectivity index (χ3v) is 4.65. The third kappa shape index (κ3) is 10.2. The van der Waals surface area contributed by atoms with Gasteiger partial charge in [-0.2, -0.15) is 0 Å². The highest BCUT2D eigenvalue weighted by atomic mass is 16.5. The van der Waals surface area contributed by atoms with Gasteiger partial charge in [-0.05, 0) is 37.0 Å². The van der Waals surface area contributed by atoms with E-state index in [1.54, 1.807) is 13.8 Å². The minimum absolute atomic E-state index is 0.193. The van der Waals surface area contributed by atoms with Gasteiger partial charge in [0.2, 0.25) is 5.91 Å². The summed E-state index contributed by atoms with van der Waals surface area (Å²) < 4.78 is 10.7. The molecule has 0 bridgehead atoms. The molecule has 1 aliphatic heterocycles. The maximum atomic E-state index is 12.9. The van der Waals surface area contributed by atoms with Crippen molar-refractivity contribution in [2.45, 2.75) is 78.5 Å². The van der Waals surface area contributed by atoms with E-state index in [0.29, 0.717) is 39.0 Å². The van der Waals surface area contributed by atoms with Crippen LogP contribution in [0.15, 0.2) is 0 Å². The van der Waals surface area contributed by atoms with Crippen molar-refractivity contribution >= 4 is 17.9 Å². The molecule has 1 rings (SSSR count). The number of aliphatic hydroxyl groups excluding tert-OH is 1. The van der Waals surface area contributed by atoms with Gasteiger partial charge in [0.25, 0.3) is 5.91 Å². The lowest BCUT2D eigenvalue weighted by Crippen LogP contribution is -2.57. The lowest BCUT2D eigenvalue weighted by Gasteiger charge is -2.28. The zero-order valence-electron chi connectivity index (χ0n) is 19.0. The molecule has 0 aromatic heterocycles. The molecule has 174 valence electrons. The van der Waals surface area contributed by atoms with Crippen molar-refractivity contribution in [1.82, 2.24) is 16.0 Å². The molecule has 3 atom stereocenters. The topological polar surface area (TPSA) is 126 Å². The smallest absolute Gasteiger partial charge is 0.407 e. The zero-order chi connectivity index (χ0) is 22.7. The fourth-order valence-electron chi connectivity index (χ4n) is 2.91. The summed E-state index contributed by atoms with van der Waals surface area (Å²) in [5, 5.41) is 18.5. The van der Waals surface area contributed by atoms with Crippen molar-refractivity contribution in [2.75, 3.05) is 26.4 Å². The van der Waals surface area contributed by atoms with Crippen LogP contribution < -0.4 is 16.0 Å². The van der Waals surface area contributed by atoms with Crippen LogP contribution in [0, 0.1) is 11.3 Å². The summed E-state index contributed by atoms with van der Waals surface area (Å²) in [6.45, 7) is 11.2. The van der Waals surface area contributed by atoms with E-state index in [9.17, 15) is 19.5 Å². The molecular formula is C21H39N3O6. The van der Waals surface area contributed by atoms with Gasteiger partial charge < -0.3 is 30.5 Å². The van der Waals surface area contributed by atoms with Crippen LogP contribution in [-0.4, -0.2) is 67.6 Å². The first-order valence-corrected chi connectivity index (χ1v) is 10.8. The number of nitrogens with one attached hydrogen (secondary N) is 3. The second-order valence-electron chi connectivity index (χ2n) is 9.32. The number of alkyl carbamates (subject to hydrolysis) is 1. The second-order valence-corrected chi connectivity index (χ2v) is 9.32. The number of aliphatic hydroxyl groups is 1. The van der Waals surface area contributed by atoms with Crippen molar-refractivity contribution in [3.63, 3.8) is 0 Å². The Morgan fingerprint density at radius 2 is 1.90 bits per heavy atom. The molecule has 3 amide bonds. The van der Waals surface area contributed by atoms with E-state index in [2.05, 4.69) is 16.0 Å². The second kappa shape index (κ2) is 12.7. The minimum atomic E-state index is -1.37. The Balaban J connectivity index is 2.76. The summed E-state index contributed by atoms with van der Waals surface area (Å²) in [7, 11) is 0. The molecule has 0 aromatic carbocycles. The van der Waals surface area contributed by atoms with Crippen molar-refractivity contribution < 1.29 is 29.0 Å². The highest BCUT2D eigenvalue weighted by molar-refractivity contribution is 5.87. The fraction of sp³-hybridized carbons (Fsp3) is 0.857. The summed E-state index contributed by atoms with van der Waals surface area (Å²) in [5.74, 6) is -1.20. The molecule has 4 N–H and O–H groups in total. The van der Waals surface area contributed by atoms with Gasteiger partial charge in [-0.1, -0.05) is 34.6 Å². The van der Waals surface area contributed by atoms with Gasteiger partial charge in [0.1, 0.15) is 6.04 Å². The molecule has 0 saturated carbocycles. The van der Waals surface area contributed by atoms with Gasteiger partial charge in [-0.15, -0.1) is 0 Å². The number of hydrogen-bond acceptors (Lipinski definition) is 6. The van der Waals surface area contributed by atoms with Crippen LogP contribution in [0.2, 0.25) is 0 Å². The highest BCUT2D eigenvalue weighted by Crippen LogP contribution is 2.14. The summed E-state index contributed by atoms with van der Waals surface area (Å²) in [5.41, 5.74) is -0.193. The Morgan fingerprint density at radius 1 is 1.23 bits per heavy atom. The third-order valence-electron chi connectivity index (χ3n) is 4.65. The molecule has 1 aliphatic rings. The normalized spacial score (nSPS) is 22.8. The summed E-state index contributed by atoms with van der Waals surface area (Å²) in [6, 6.07) is -1.61. The fourth-order valence-corrected chi connectivity index (χ4v) is 2.91. The van der Waals surface area contributed by atoms with Crippen LogP contribution in [0.5, 0.6) is 0 Å². The molecule has 1 heterocycles. The van der Waals surface area contributed by atoms with E-state index < -0.39 is 36.1 Å². The van der Waals surface area contributed by atoms with Crippen LogP contribution in [0.25, 0.3) is 0 Å². The lowest BCUT2D eigenvalue weighted by molar-refractivity contribution is -0.133. The maximum absolute atomic E-state index is 12.9. The molecule has 3 unspecified atom stereocenters. The van der Waals surface area contributed by atoms with Crippen molar-refractivity contribution in [2.24, 2.45) is 11.3 Å². The predicted octanol–water partition coefficient (Wildman–Crippen LogP) is 1.34. The van der Waals surface area contributed by atoms with Crippen LogP contribution in [0.4, 0.5) is 4.79 Å². The number of rotatable bonds is 5. The Hall–Kier alpha value is -1.87. The minimum Gasteiger partial charge on any atom is -0.449 e. The van der Waals surface area contributed by atoms with Gasteiger partial charge in [-0.25, -0.2) is 4.79 Å². The molecule has 0 aromatic rings. The van der Waals surface area contributed by atoms with Gasteiger partial charge in [0.15, 0.2) is 6.10 Å². The summed E-state index contributed by atoms with van der Waals surface area (Å²) >= 11 is 0. The highest BCUT2D eigenvalue weighted by Gasteiger charge is 2.32. The first-order valence-electron chi connectivity index (χ1n) is 10.8. The summed E-state index contributed by atoms with van der Waals surface area (Å²) in [6.07, 6.45) is 0.492. The van der Waals surface area contributed by atoms with E-state index in [4.69, 9.17) is 9.47 Å². The number of carbonyl (C=O) groups is 3. The molecule has 9 heteroatoms. The van der Waals surface area contributed by atoms with Crippen LogP contribution >= 0.6 is 0 Å². The molecule has 0 spiro atoms. The monoisotopic (exact) mass is 429 g/mol. The van der Waals surface area contributed by atoms with Crippen molar-refractivity contribution in [3.05, 3.63) is 0 Å². The van der Waals surface area contributed by atoms with Gasteiger partial charge >= 0.3 is 6.09 Å². The Bertz CT molecular complexity index is 561. The van der Waals surface area contributed by atoms with Crippen LogP contribution in [-0.2, 0) is 19.1 Å². The maximum Gasteiger partial charge on any atom is 0.407 e. The molecule has 9 nitrogen and oxygen atoms in total. The van der Waals surface area contributed by atoms with Gasteiger partial charge in [0.05, 0.1) is 12.6 Å². The Labute approximate surface area is 179 Å². The van der Waals surface area contributed by atoms with Crippen molar-refractivity contribution in [3.8, 4) is 0 Å². The predicted molar refractivity (Wildman–Crippen MR) is 113 cm³/mol.